The molecule has 128 valence electrons. The van der Waals surface area contributed by atoms with E-state index in [1.54, 1.807) is 0 Å². The lowest BCUT2D eigenvalue weighted by molar-refractivity contribution is 0.171. The average molecular weight is 359 g/mol. The standard InChI is InChI=1S/C17H23ClN2O2.ClH/c18-14-6-11(7-16-17(14)22-5-4-21-16)8-20-9-12-2-1-3-15(19)13(12)10-20;/h6-7,12-13,15H,1-5,8-10,19H2;1H. The van der Waals surface area contributed by atoms with Gasteiger partial charge in [-0.15, -0.1) is 12.4 Å². The molecule has 0 bridgehead atoms. The highest BCUT2D eigenvalue weighted by atomic mass is 35.5. The maximum absolute atomic E-state index is 6.33. The summed E-state index contributed by atoms with van der Waals surface area (Å²) in [6, 6.07) is 4.46. The second-order valence-electron chi connectivity index (χ2n) is 6.81. The van der Waals surface area contributed by atoms with Gasteiger partial charge in [-0.2, -0.15) is 0 Å². The van der Waals surface area contributed by atoms with Crippen molar-refractivity contribution < 1.29 is 9.47 Å². The Morgan fingerprint density at radius 1 is 1.17 bits per heavy atom. The van der Waals surface area contributed by atoms with Crippen molar-refractivity contribution in [3.05, 3.63) is 22.7 Å². The van der Waals surface area contributed by atoms with E-state index < -0.39 is 0 Å². The van der Waals surface area contributed by atoms with Gasteiger partial charge in [-0.05, 0) is 42.4 Å². The van der Waals surface area contributed by atoms with Crippen LogP contribution in [0.2, 0.25) is 5.02 Å². The van der Waals surface area contributed by atoms with E-state index in [9.17, 15) is 0 Å². The van der Waals surface area contributed by atoms with Crippen LogP contribution < -0.4 is 15.2 Å². The fourth-order valence-electron chi connectivity index (χ4n) is 4.25. The highest BCUT2D eigenvalue weighted by Gasteiger charge is 2.38. The Morgan fingerprint density at radius 3 is 2.83 bits per heavy atom. The molecule has 2 heterocycles. The molecule has 0 radical (unpaired) electrons. The first-order chi connectivity index (χ1) is 10.7. The highest BCUT2D eigenvalue weighted by Crippen LogP contribution is 2.40. The molecule has 6 heteroatoms. The number of halogens is 2. The average Bonchev–Trinajstić information content (AvgIpc) is 2.91. The van der Waals surface area contributed by atoms with Crippen LogP contribution in [0.25, 0.3) is 0 Å². The summed E-state index contributed by atoms with van der Waals surface area (Å²) in [4.78, 5) is 2.52. The Hall–Kier alpha value is -0.680. The van der Waals surface area contributed by atoms with Crippen LogP contribution in [0, 0.1) is 11.8 Å². The molecule has 2 aliphatic heterocycles. The quantitative estimate of drug-likeness (QED) is 0.882. The summed E-state index contributed by atoms with van der Waals surface area (Å²) in [5.74, 6) is 2.91. The Bertz CT molecular complexity index is 570. The summed E-state index contributed by atoms with van der Waals surface area (Å²) in [5, 5.41) is 0.653. The summed E-state index contributed by atoms with van der Waals surface area (Å²) in [6.45, 7) is 4.34. The van der Waals surface area contributed by atoms with Crippen molar-refractivity contribution in [3.63, 3.8) is 0 Å². The monoisotopic (exact) mass is 358 g/mol. The number of hydrogen-bond acceptors (Lipinski definition) is 4. The van der Waals surface area contributed by atoms with Crippen molar-refractivity contribution >= 4 is 24.0 Å². The number of nitrogens with two attached hydrogens (primary N) is 1. The molecule has 1 saturated heterocycles. The topological polar surface area (TPSA) is 47.7 Å². The van der Waals surface area contributed by atoms with Gasteiger partial charge in [0.2, 0.25) is 0 Å². The number of rotatable bonds is 2. The molecule has 2 N–H and O–H groups in total. The lowest BCUT2D eigenvalue weighted by Crippen LogP contribution is -2.38. The maximum Gasteiger partial charge on any atom is 0.179 e. The van der Waals surface area contributed by atoms with E-state index in [1.165, 1.54) is 24.8 Å². The van der Waals surface area contributed by atoms with Gasteiger partial charge in [-0.1, -0.05) is 18.0 Å². The van der Waals surface area contributed by atoms with Crippen molar-refractivity contribution in [2.45, 2.75) is 31.8 Å². The van der Waals surface area contributed by atoms with Crippen molar-refractivity contribution in [3.8, 4) is 11.5 Å². The molecule has 3 unspecified atom stereocenters. The van der Waals surface area contributed by atoms with Gasteiger partial charge in [-0.3, -0.25) is 4.90 Å². The van der Waals surface area contributed by atoms with Crippen LogP contribution in [0.3, 0.4) is 0 Å². The van der Waals surface area contributed by atoms with Gasteiger partial charge in [0.15, 0.2) is 11.5 Å². The minimum atomic E-state index is 0. The van der Waals surface area contributed by atoms with Crippen molar-refractivity contribution in [2.24, 2.45) is 17.6 Å². The van der Waals surface area contributed by atoms with Crippen LogP contribution in [0.5, 0.6) is 11.5 Å². The molecule has 1 aromatic rings. The fourth-order valence-corrected chi connectivity index (χ4v) is 4.54. The summed E-state index contributed by atoms with van der Waals surface area (Å²) in [5.41, 5.74) is 7.50. The molecule has 3 atom stereocenters. The van der Waals surface area contributed by atoms with Gasteiger partial charge in [-0.25, -0.2) is 0 Å². The fraction of sp³-hybridized carbons (Fsp3) is 0.647. The summed E-state index contributed by atoms with van der Waals surface area (Å²) in [7, 11) is 0. The second kappa shape index (κ2) is 7.06. The third kappa shape index (κ3) is 3.41. The van der Waals surface area contributed by atoms with E-state index in [1.807, 2.05) is 6.07 Å². The Labute approximate surface area is 148 Å². The number of nitrogens with zero attached hydrogens (tertiary/aromatic N) is 1. The number of benzene rings is 1. The molecule has 1 aromatic carbocycles. The third-order valence-electron chi connectivity index (χ3n) is 5.29. The molecule has 2 fully saturated rings. The zero-order chi connectivity index (χ0) is 15.1. The first kappa shape index (κ1) is 17.2. The number of ether oxygens (including phenoxy) is 2. The van der Waals surface area contributed by atoms with Crippen molar-refractivity contribution in [2.75, 3.05) is 26.3 Å². The van der Waals surface area contributed by atoms with Gasteiger partial charge >= 0.3 is 0 Å². The van der Waals surface area contributed by atoms with Crippen LogP contribution in [0.15, 0.2) is 12.1 Å². The van der Waals surface area contributed by atoms with E-state index in [4.69, 9.17) is 26.8 Å². The van der Waals surface area contributed by atoms with Crippen LogP contribution in [0.1, 0.15) is 24.8 Å². The van der Waals surface area contributed by atoms with E-state index in [0.717, 1.165) is 31.3 Å². The zero-order valence-corrected chi connectivity index (χ0v) is 14.7. The molecular formula is C17H24Cl2N2O2. The predicted octanol–water partition coefficient (Wildman–Crippen LogP) is 3.09. The SMILES string of the molecule is Cl.NC1CCCC2CN(Cc3cc(Cl)c4c(c3)OCCO4)CC12. The van der Waals surface area contributed by atoms with Crippen molar-refractivity contribution in [1.29, 1.82) is 0 Å². The van der Waals surface area contributed by atoms with E-state index in [0.29, 0.717) is 35.9 Å². The molecule has 23 heavy (non-hydrogen) atoms. The highest BCUT2D eigenvalue weighted by molar-refractivity contribution is 6.32. The summed E-state index contributed by atoms with van der Waals surface area (Å²) < 4.78 is 11.3. The predicted molar refractivity (Wildman–Crippen MR) is 93.8 cm³/mol. The Morgan fingerprint density at radius 2 is 2.00 bits per heavy atom. The van der Waals surface area contributed by atoms with Crippen LogP contribution in [-0.4, -0.2) is 37.2 Å². The van der Waals surface area contributed by atoms with Crippen LogP contribution in [0.4, 0.5) is 0 Å². The van der Waals surface area contributed by atoms with Crippen LogP contribution in [-0.2, 0) is 6.54 Å². The number of hydrogen-bond donors (Lipinski definition) is 1. The zero-order valence-electron chi connectivity index (χ0n) is 13.2. The second-order valence-corrected chi connectivity index (χ2v) is 7.22. The molecule has 1 aliphatic carbocycles. The third-order valence-corrected chi connectivity index (χ3v) is 5.57. The first-order valence-corrected chi connectivity index (χ1v) is 8.64. The minimum absolute atomic E-state index is 0. The minimum Gasteiger partial charge on any atom is -0.486 e. The van der Waals surface area contributed by atoms with Gasteiger partial charge in [0.05, 0.1) is 5.02 Å². The first-order valence-electron chi connectivity index (χ1n) is 8.26. The molecule has 0 aromatic heterocycles. The Kier molecular flexibility index (Phi) is 5.26. The molecule has 1 saturated carbocycles. The summed E-state index contributed by atoms with van der Waals surface area (Å²) >= 11 is 6.33. The Balaban J connectivity index is 0.00000156. The van der Waals surface area contributed by atoms with Gasteiger partial charge in [0.25, 0.3) is 0 Å². The molecule has 4 rings (SSSR count). The van der Waals surface area contributed by atoms with Crippen molar-refractivity contribution in [1.82, 2.24) is 4.90 Å². The normalized spacial score (nSPS) is 29.7. The maximum atomic E-state index is 6.33. The lowest BCUT2D eigenvalue weighted by atomic mass is 9.78. The van der Waals surface area contributed by atoms with Crippen LogP contribution >= 0.6 is 24.0 Å². The lowest BCUT2D eigenvalue weighted by Gasteiger charge is -2.29. The molecular weight excluding hydrogens is 335 g/mol. The number of likely N-dealkylation sites (tertiary alicyclic amines) is 1. The van der Waals surface area contributed by atoms with Gasteiger partial charge in [0, 0.05) is 25.7 Å². The van der Waals surface area contributed by atoms with E-state index in [-0.39, 0.29) is 12.4 Å². The van der Waals surface area contributed by atoms with E-state index >= 15 is 0 Å². The molecule has 4 nitrogen and oxygen atoms in total. The largest absolute Gasteiger partial charge is 0.486 e. The molecule has 3 aliphatic rings. The summed E-state index contributed by atoms with van der Waals surface area (Å²) in [6.07, 6.45) is 3.80. The molecule has 0 amide bonds. The molecule has 0 spiro atoms. The smallest absolute Gasteiger partial charge is 0.179 e. The van der Waals surface area contributed by atoms with Gasteiger partial charge in [0.1, 0.15) is 13.2 Å². The van der Waals surface area contributed by atoms with Gasteiger partial charge < -0.3 is 15.2 Å². The number of fused-ring (bicyclic) bond motifs is 2. The van der Waals surface area contributed by atoms with E-state index in [2.05, 4.69) is 11.0 Å².